The molecule has 3 rings (SSSR count). The molecule has 1 aliphatic heterocycles. The largest absolute Gasteiger partial charge is 0.353 e. The maximum absolute atomic E-state index is 13.0. The number of benzene rings is 1. The quantitative estimate of drug-likeness (QED) is 0.365. The standard InChI is InChI=1S/C22H25N5O3S/c1-16(2)6-12-31-20-4-3-18(14-19(20)27(29)30)22(28)26-10-8-25(9-11-26)21-13-17(15-23)5-7-24-21/h3-5,7,13-14,16H,6,8-12H2,1-2H3. The minimum atomic E-state index is -0.416. The third kappa shape index (κ3) is 5.73. The van der Waals surface area contributed by atoms with Crippen molar-refractivity contribution in [3.8, 4) is 6.07 Å². The second kappa shape index (κ2) is 10.3. The number of amides is 1. The zero-order valence-corrected chi connectivity index (χ0v) is 18.5. The molecule has 0 saturated carbocycles. The number of thioether (sulfide) groups is 1. The molecular weight excluding hydrogens is 414 g/mol. The van der Waals surface area contributed by atoms with Gasteiger partial charge in [-0.2, -0.15) is 5.26 Å². The van der Waals surface area contributed by atoms with Crippen LogP contribution in [0.15, 0.2) is 41.4 Å². The van der Waals surface area contributed by atoms with Crippen molar-refractivity contribution in [2.75, 3.05) is 36.8 Å². The molecule has 1 aliphatic rings. The second-order valence-electron chi connectivity index (χ2n) is 7.76. The molecule has 0 bridgehead atoms. The Kier molecular flexibility index (Phi) is 7.47. The molecule has 0 spiro atoms. The number of rotatable bonds is 7. The molecule has 2 heterocycles. The molecule has 1 fully saturated rings. The predicted octanol–water partition coefficient (Wildman–Crippen LogP) is 3.96. The van der Waals surface area contributed by atoms with Gasteiger partial charge in [-0.05, 0) is 42.4 Å². The normalized spacial score (nSPS) is 13.9. The van der Waals surface area contributed by atoms with E-state index < -0.39 is 4.92 Å². The van der Waals surface area contributed by atoms with Gasteiger partial charge in [0.25, 0.3) is 11.6 Å². The van der Waals surface area contributed by atoms with Crippen LogP contribution in [0, 0.1) is 27.4 Å². The molecular formula is C22H25N5O3S. The van der Waals surface area contributed by atoms with Gasteiger partial charge in [0.05, 0.1) is 21.5 Å². The second-order valence-corrected chi connectivity index (χ2v) is 8.90. The van der Waals surface area contributed by atoms with Gasteiger partial charge in [-0.3, -0.25) is 14.9 Å². The van der Waals surface area contributed by atoms with E-state index in [4.69, 9.17) is 5.26 Å². The van der Waals surface area contributed by atoms with Crippen LogP contribution in [0.3, 0.4) is 0 Å². The van der Waals surface area contributed by atoms with Crippen LogP contribution < -0.4 is 4.90 Å². The molecule has 9 heteroatoms. The molecule has 31 heavy (non-hydrogen) atoms. The van der Waals surface area contributed by atoms with Crippen molar-refractivity contribution in [1.82, 2.24) is 9.88 Å². The van der Waals surface area contributed by atoms with E-state index in [0.29, 0.717) is 53.9 Å². The molecule has 1 amide bonds. The van der Waals surface area contributed by atoms with Crippen LogP contribution in [0.2, 0.25) is 0 Å². The van der Waals surface area contributed by atoms with E-state index in [1.165, 1.54) is 17.8 Å². The Hall–Kier alpha value is -3.12. The number of anilines is 1. The summed E-state index contributed by atoms with van der Waals surface area (Å²) in [5.74, 6) is 1.84. The molecule has 0 unspecified atom stereocenters. The van der Waals surface area contributed by atoms with Crippen LogP contribution in [-0.2, 0) is 0 Å². The van der Waals surface area contributed by atoms with Crippen LogP contribution in [0.25, 0.3) is 0 Å². The summed E-state index contributed by atoms with van der Waals surface area (Å²) in [6, 6.07) is 10.2. The van der Waals surface area contributed by atoms with E-state index in [0.717, 1.165) is 12.2 Å². The summed E-state index contributed by atoms with van der Waals surface area (Å²) in [5, 5.41) is 20.6. The highest BCUT2D eigenvalue weighted by atomic mass is 32.2. The van der Waals surface area contributed by atoms with Crippen molar-refractivity contribution in [3.05, 3.63) is 57.8 Å². The van der Waals surface area contributed by atoms with Crippen LogP contribution >= 0.6 is 11.8 Å². The Morgan fingerprint density at radius 3 is 2.65 bits per heavy atom. The Bertz CT molecular complexity index is 997. The average molecular weight is 440 g/mol. The maximum atomic E-state index is 13.0. The third-order valence-electron chi connectivity index (χ3n) is 5.12. The fourth-order valence-electron chi connectivity index (χ4n) is 3.30. The summed E-state index contributed by atoms with van der Waals surface area (Å²) in [6.45, 7) is 6.36. The number of carbonyl (C=O) groups is 1. The highest BCUT2D eigenvalue weighted by Gasteiger charge is 2.25. The highest BCUT2D eigenvalue weighted by Crippen LogP contribution is 2.31. The van der Waals surface area contributed by atoms with Gasteiger partial charge in [0.1, 0.15) is 5.82 Å². The number of aromatic nitrogens is 1. The summed E-state index contributed by atoms with van der Waals surface area (Å²) < 4.78 is 0. The zero-order chi connectivity index (χ0) is 22.4. The van der Waals surface area contributed by atoms with Crippen LogP contribution in [0.1, 0.15) is 36.2 Å². The number of hydrogen-bond donors (Lipinski definition) is 0. The van der Waals surface area contributed by atoms with Crippen molar-refractivity contribution >= 4 is 29.2 Å². The number of carbonyl (C=O) groups excluding carboxylic acids is 1. The summed E-state index contributed by atoms with van der Waals surface area (Å²) in [5.41, 5.74) is 0.857. The lowest BCUT2D eigenvalue weighted by molar-refractivity contribution is -0.387. The summed E-state index contributed by atoms with van der Waals surface area (Å²) in [7, 11) is 0. The van der Waals surface area contributed by atoms with E-state index in [9.17, 15) is 14.9 Å². The summed E-state index contributed by atoms with van der Waals surface area (Å²) in [4.78, 5) is 32.7. The van der Waals surface area contributed by atoms with Crippen LogP contribution in [0.4, 0.5) is 11.5 Å². The number of nitro groups is 1. The number of nitriles is 1. The minimum absolute atomic E-state index is 0.0178. The van der Waals surface area contributed by atoms with Gasteiger partial charge in [-0.1, -0.05) is 13.8 Å². The maximum Gasteiger partial charge on any atom is 0.283 e. The van der Waals surface area contributed by atoms with E-state index in [1.54, 1.807) is 35.4 Å². The smallest absolute Gasteiger partial charge is 0.283 e. The highest BCUT2D eigenvalue weighted by molar-refractivity contribution is 7.99. The fraction of sp³-hybridized carbons (Fsp3) is 0.409. The molecule has 1 aromatic carbocycles. The molecule has 1 saturated heterocycles. The first kappa shape index (κ1) is 22.6. The predicted molar refractivity (Wildman–Crippen MR) is 120 cm³/mol. The van der Waals surface area contributed by atoms with Gasteiger partial charge in [0.15, 0.2) is 0 Å². The third-order valence-corrected chi connectivity index (χ3v) is 6.22. The molecule has 8 nitrogen and oxygen atoms in total. The first-order valence-corrected chi connectivity index (χ1v) is 11.2. The van der Waals surface area contributed by atoms with Crippen LogP contribution in [0.5, 0.6) is 0 Å². The van der Waals surface area contributed by atoms with Crippen molar-refractivity contribution in [3.63, 3.8) is 0 Å². The minimum Gasteiger partial charge on any atom is -0.353 e. The molecule has 0 N–H and O–H groups in total. The van der Waals surface area contributed by atoms with Crippen molar-refractivity contribution < 1.29 is 9.72 Å². The first-order chi connectivity index (χ1) is 14.9. The lowest BCUT2D eigenvalue weighted by atomic mass is 10.1. The lowest BCUT2D eigenvalue weighted by Crippen LogP contribution is -2.49. The van der Waals surface area contributed by atoms with Gasteiger partial charge >= 0.3 is 0 Å². The SMILES string of the molecule is CC(C)CCSc1ccc(C(=O)N2CCN(c3cc(C#N)ccn3)CC2)cc1[N+](=O)[O-]. The monoisotopic (exact) mass is 439 g/mol. The molecule has 0 radical (unpaired) electrons. The molecule has 1 aromatic heterocycles. The number of piperazine rings is 1. The van der Waals surface area contributed by atoms with E-state index in [2.05, 4.69) is 24.9 Å². The van der Waals surface area contributed by atoms with Gasteiger partial charge in [-0.15, -0.1) is 11.8 Å². The van der Waals surface area contributed by atoms with Gasteiger partial charge < -0.3 is 9.80 Å². The van der Waals surface area contributed by atoms with Gasteiger partial charge in [-0.25, -0.2) is 4.98 Å². The van der Waals surface area contributed by atoms with Crippen molar-refractivity contribution in [2.24, 2.45) is 5.92 Å². The summed E-state index contributed by atoms with van der Waals surface area (Å²) in [6.07, 6.45) is 2.57. The van der Waals surface area contributed by atoms with Crippen molar-refractivity contribution in [2.45, 2.75) is 25.2 Å². The Morgan fingerprint density at radius 2 is 2.00 bits per heavy atom. The zero-order valence-electron chi connectivity index (χ0n) is 17.7. The molecule has 0 aliphatic carbocycles. The number of pyridine rings is 1. The molecule has 2 aromatic rings. The topological polar surface area (TPSA) is 103 Å². The molecule has 0 atom stereocenters. The first-order valence-electron chi connectivity index (χ1n) is 10.2. The molecule has 162 valence electrons. The fourth-order valence-corrected chi connectivity index (χ4v) is 4.56. The Labute approximate surface area is 186 Å². The average Bonchev–Trinajstić information content (AvgIpc) is 2.78. The lowest BCUT2D eigenvalue weighted by Gasteiger charge is -2.35. The number of nitrogens with zero attached hydrogens (tertiary/aromatic N) is 5. The number of hydrogen-bond acceptors (Lipinski definition) is 7. The van der Waals surface area contributed by atoms with Gasteiger partial charge in [0, 0.05) is 44.0 Å². The number of nitro benzene ring substituents is 1. The summed E-state index contributed by atoms with van der Waals surface area (Å²) >= 11 is 1.46. The van der Waals surface area contributed by atoms with Crippen molar-refractivity contribution in [1.29, 1.82) is 5.26 Å². The van der Waals surface area contributed by atoms with Gasteiger partial charge in [0.2, 0.25) is 0 Å². The Morgan fingerprint density at radius 1 is 1.26 bits per heavy atom. The Balaban J connectivity index is 1.66. The van der Waals surface area contributed by atoms with E-state index >= 15 is 0 Å². The van der Waals surface area contributed by atoms with E-state index in [1.807, 2.05) is 4.90 Å². The van der Waals surface area contributed by atoms with E-state index in [-0.39, 0.29) is 11.6 Å². The van der Waals surface area contributed by atoms with Crippen LogP contribution in [-0.4, -0.2) is 52.6 Å².